The van der Waals surface area contributed by atoms with Gasteiger partial charge in [-0.25, -0.2) is 4.39 Å². The second-order valence-electron chi connectivity index (χ2n) is 4.24. The van der Waals surface area contributed by atoms with Gasteiger partial charge in [0.1, 0.15) is 12.5 Å². The van der Waals surface area contributed by atoms with E-state index in [1.165, 1.54) is 0 Å². The first-order valence-electron chi connectivity index (χ1n) is 5.45. The number of alkyl halides is 1. The van der Waals surface area contributed by atoms with Gasteiger partial charge in [0.25, 0.3) is 0 Å². The van der Waals surface area contributed by atoms with Gasteiger partial charge in [-0.1, -0.05) is 43.2 Å². The highest BCUT2D eigenvalue weighted by Gasteiger charge is 2.42. The molecule has 1 saturated carbocycles. The molecule has 1 fully saturated rings. The van der Waals surface area contributed by atoms with Crippen LogP contribution in [0.25, 0.3) is 0 Å². The molecule has 1 aliphatic carbocycles. The largest absolute Gasteiger partial charge is 0.302 e. The number of hydrogen-bond donors (Lipinski definition) is 0. The summed E-state index contributed by atoms with van der Waals surface area (Å²) in [6.45, 7) is 0. The van der Waals surface area contributed by atoms with Gasteiger partial charge in [0, 0.05) is 0 Å². The Morgan fingerprint density at radius 2 is 2.00 bits per heavy atom. The van der Waals surface area contributed by atoms with E-state index in [0.29, 0.717) is 12.8 Å². The van der Waals surface area contributed by atoms with Crippen molar-refractivity contribution in [3.8, 4) is 0 Å². The zero-order chi connectivity index (χ0) is 10.7. The van der Waals surface area contributed by atoms with Gasteiger partial charge in [0.2, 0.25) is 0 Å². The predicted molar refractivity (Wildman–Crippen MR) is 57.5 cm³/mol. The Hall–Kier alpha value is -1.18. The van der Waals surface area contributed by atoms with Crippen LogP contribution in [0.4, 0.5) is 4.39 Å². The summed E-state index contributed by atoms with van der Waals surface area (Å²) < 4.78 is 14.0. The van der Waals surface area contributed by atoms with Crippen LogP contribution < -0.4 is 0 Å². The van der Waals surface area contributed by atoms with E-state index in [1.807, 2.05) is 30.3 Å². The normalized spacial score (nSPS) is 31.1. The summed E-state index contributed by atoms with van der Waals surface area (Å²) >= 11 is 0. The van der Waals surface area contributed by atoms with Gasteiger partial charge < -0.3 is 4.79 Å². The Labute approximate surface area is 89.3 Å². The highest BCUT2D eigenvalue weighted by Crippen LogP contribution is 2.39. The summed E-state index contributed by atoms with van der Waals surface area (Å²) in [6.07, 6.45) is 2.77. The molecule has 2 heteroatoms. The maximum atomic E-state index is 14.0. The molecule has 0 aliphatic heterocycles. The molecule has 1 aromatic rings. The van der Waals surface area contributed by atoms with Gasteiger partial charge in [-0.2, -0.15) is 0 Å². The van der Waals surface area contributed by atoms with Gasteiger partial charge in [-0.3, -0.25) is 0 Å². The van der Waals surface area contributed by atoms with Crippen LogP contribution in [0.1, 0.15) is 31.2 Å². The molecule has 0 unspecified atom stereocenters. The smallest absolute Gasteiger partial charge is 0.133 e. The van der Waals surface area contributed by atoms with Gasteiger partial charge in [0.15, 0.2) is 0 Å². The van der Waals surface area contributed by atoms with Crippen LogP contribution in [0.15, 0.2) is 30.3 Å². The highest BCUT2D eigenvalue weighted by atomic mass is 19.1. The summed E-state index contributed by atoms with van der Waals surface area (Å²) in [5, 5.41) is 0. The zero-order valence-corrected chi connectivity index (χ0v) is 8.66. The Kier molecular flexibility index (Phi) is 2.85. The number of carbonyl (C=O) groups excluding carboxylic acids is 1. The Bertz CT molecular complexity index is 336. The van der Waals surface area contributed by atoms with Crippen molar-refractivity contribution in [2.45, 2.75) is 37.3 Å². The Morgan fingerprint density at radius 1 is 1.27 bits per heavy atom. The minimum absolute atomic E-state index is 0.508. The van der Waals surface area contributed by atoms with E-state index in [-0.39, 0.29) is 0 Å². The fraction of sp³-hybridized carbons (Fsp3) is 0.462. The molecule has 0 bridgehead atoms. The SMILES string of the molecule is O=C[C@]1(c2ccccc2)CCCC[C@@H]1F. The molecule has 0 spiro atoms. The summed E-state index contributed by atoms with van der Waals surface area (Å²) in [6, 6.07) is 9.32. The van der Waals surface area contributed by atoms with Crippen LogP contribution in [0.5, 0.6) is 0 Å². The summed E-state index contributed by atoms with van der Waals surface area (Å²) in [7, 11) is 0. The van der Waals surface area contributed by atoms with Gasteiger partial charge in [-0.05, 0) is 18.4 Å². The molecule has 1 aliphatic rings. The molecule has 0 heterocycles. The van der Waals surface area contributed by atoms with Crippen molar-refractivity contribution in [1.82, 2.24) is 0 Å². The second kappa shape index (κ2) is 4.13. The first kappa shape index (κ1) is 10.3. The predicted octanol–water partition coefficient (Wildman–Crippen LogP) is 3.04. The maximum Gasteiger partial charge on any atom is 0.133 e. The van der Waals surface area contributed by atoms with Crippen LogP contribution in [0.3, 0.4) is 0 Å². The van der Waals surface area contributed by atoms with Crippen molar-refractivity contribution in [1.29, 1.82) is 0 Å². The van der Waals surface area contributed by atoms with Crippen LogP contribution >= 0.6 is 0 Å². The van der Waals surface area contributed by atoms with Crippen molar-refractivity contribution >= 4 is 6.29 Å². The number of carbonyl (C=O) groups is 1. The lowest BCUT2D eigenvalue weighted by atomic mass is 9.69. The lowest BCUT2D eigenvalue weighted by molar-refractivity contribution is -0.116. The summed E-state index contributed by atoms with van der Waals surface area (Å²) in [5.74, 6) is 0. The second-order valence-corrected chi connectivity index (χ2v) is 4.24. The van der Waals surface area contributed by atoms with E-state index in [9.17, 15) is 9.18 Å². The number of halogens is 1. The molecule has 2 atom stereocenters. The topological polar surface area (TPSA) is 17.1 Å². The van der Waals surface area contributed by atoms with E-state index in [2.05, 4.69) is 0 Å². The molecular weight excluding hydrogens is 191 g/mol. The third-order valence-corrected chi connectivity index (χ3v) is 3.38. The van der Waals surface area contributed by atoms with Crippen LogP contribution in [0, 0.1) is 0 Å². The fourth-order valence-electron chi connectivity index (χ4n) is 2.43. The summed E-state index contributed by atoms with van der Waals surface area (Å²) in [5.41, 5.74) is -0.0494. The van der Waals surface area contributed by atoms with E-state index < -0.39 is 11.6 Å². The third-order valence-electron chi connectivity index (χ3n) is 3.38. The lowest BCUT2D eigenvalue weighted by Crippen LogP contribution is -2.41. The fourth-order valence-corrected chi connectivity index (χ4v) is 2.43. The molecule has 0 aromatic heterocycles. The standard InChI is InChI=1S/C13H15FO/c14-12-8-4-5-9-13(12,10-15)11-6-2-1-3-7-11/h1-3,6-7,10,12H,4-5,8-9H2/t12-,13-/m0/s1. The minimum atomic E-state index is -1.02. The van der Waals surface area contributed by atoms with E-state index in [0.717, 1.165) is 24.7 Å². The van der Waals surface area contributed by atoms with Gasteiger partial charge >= 0.3 is 0 Å². The lowest BCUT2D eigenvalue weighted by Gasteiger charge is -2.35. The van der Waals surface area contributed by atoms with Crippen molar-refractivity contribution in [2.75, 3.05) is 0 Å². The number of hydrogen-bond acceptors (Lipinski definition) is 1. The molecule has 0 N–H and O–H groups in total. The molecule has 0 radical (unpaired) electrons. The molecule has 1 nitrogen and oxygen atoms in total. The van der Waals surface area contributed by atoms with Crippen molar-refractivity contribution in [2.24, 2.45) is 0 Å². The van der Waals surface area contributed by atoms with E-state index in [4.69, 9.17) is 0 Å². The summed E-state index contributed by atoms with van der Waals surface area (Å²) in [4.78, 5) is 11.3. The third kappa shape index (κ3) is 1.69. The van der Waals surface area contributed by atoms with Crippen LogP contribution in [-0.4, -0.2) is 12.5 Å². The van der Waals surface area contributed by atoms with Crippen LogP contribution in [0.2, 0.25) is 0 Å². The van der Waals surface area contributed by atoms with Crippen molar-refractivity contribution in [3.63, 3.8) is 0 Å². The molecular formula is C13H15FO. The average Bonchev–Trinajstić information content (AvgIpc) is 2.31. The monoisotopic (exact) mass is 206 g/mol. The minimum Gasteiger partial charge on any atom is -0.302 e. The Balaban J connectivity index is 2.40. The average molecular weight is 206 g/mol. The molecule has 2 rings (SSSR count). The Morgan fingerprint density at radius 3 is 2.60 bits per heavy atom. The number of rotatable bonds is 2. The van der Waals surface area contributed by atoms with E-state index in [1.54, 1.807) is 0 Å². The molecule has 80 valence electrons. The van der Waals surface area contributed by atoms with Crippen molar-refractivity contribution in [3.05, 3.63) is 35.9 Å². The molecule has 15 heavy (non-hydrogen) atoms. The number of benzene rings is 1. The van der Waals surface area contributed by atoms with Crippen LogP contribution in [-0.2, 0) is 10.2 Å². The number of aldehydes is 1. The van der Waals surface area contributed by atoms with Gasteiger partial charge in [0.05, 0.1) is 5.41 Å². The first-order valence-corrected chi connectivity index (χ1v) is 5.45. The van der Waals surface area contributed by atoms with Crippen molar-refractivity contribution < 1.29 is 9.18 Å². The molecule has 0 amide bonds. The maximum absolute atomic E-state index is 14.0. The highest BCUT2D eigenvalue weighted by molar-refractivity contribution is 5.70. The molecule has 1 aromatic carbocycles. The first-order chi connectivity index (χ1) is 7.29. The quantitative estimate of drug-likeness (QED) is 0.680. The van der Waals surface area contributed by atoms with E-state index >= 15 is 0 Å². The van der Waals surface area contributed by atoms with Gasteiger partial charge in [-0.15, -0.1) is 0 Å². The molecule has 0 saturated heterocycles. The zero-order valence-electron chi connectivity index (χ0n) is 8.66.